The van der Waals surface area contributed by atoms with E-state index in [2.05, 4.69) is 94.4 Å². The van der Waals surface area contributed by atoms with Crippen LogP contribution in [0.4, 0.5) is 0 Å². The summed E-state index contributed by atoms with van der Waals surface area (Å²) < 4.78 is 84.2. The number of ether oxygens (including phenoxy) is 16. The quantitative estimate of drug-likeness (QED) is 0.0133. The molecule has 5 heterocycles. The second-order valence-electron chi connectivity index (χ2n) is 30.7. The highest BCUT2D eigenvalue weighted by Crippen LogP contribution is 2.43. The van der Waals surface area contributed by atoms with Crippen molar-refractivity contribution in [3.05, 3.63) is 215 Å². The van der Waals surface area contributed by atoms with Gasteiger partial charge in [-0.2, -0.15) is 0 Å². The third-order valence-electron chi connectivity index (χ3n) is 20.9. The van der Waals surface area contributed by atoms with Crippen molar-refractivity contribution in [1.29, 1.82) is 0 Å². The van der Waals surface area contributed by atoms with Crippen molar-refractivity contribution in [1.82, 2.24) is 53.5 Å². The van der Waals surface area contributed by atoms with Crippen LogP contribution in [-0.2, 0) is 175 Å². The van der Waals surface area contributed by atoms with Gasteiger partial charge in [-0.3, -0.25) is 116 Å². The molecule has 1 saturated heterocycles. The minimum Gasteiger partial charge on any atom is -0.497 e. The van der Waals surface area contributed by atoms with Gasteiger partial charge in [0.25, 0.3) is 5.56 Å². The Labute approximate surface area is 862 Å². The van der Waals surface area contributed by atoms with Crippen LogP contribution < -0.4 is 20.7 Å². The van der Waals surface area contributed by atoms with Gasteiger partial charge < -0.3 is 80.9 Å². The molecule has 800 valence electrons. The molecule has 0 aliphatic carbocycles. The van der Waals surface area contributed by atoms with E-state index < -0.39 is 107 Å². The number of carbonyl (C=O) groups is 12. The highest BCUT2D eigenvalue weighted by molar-refractivity contribution is 9.10. The van der Waals surface area contributed by atoms with Crippen LogP contribution >= 0.6 is 15.9 Å². The van der Waals surface area contributed by atoms with Gasteiger partial charge in [0.15, 0.2) is 0 Å². The molecular weight excluding hydrogens is 1970 g/mol. The lowest BCUT2D eigenvalue weighted by atomic mass is 9.80. The number of aromatic nitrogens is 5. The van der Waals surface area contributed by atoms with Crippen molar-refractivity contribution in [2.75, 3.05) is 185 Å². The topological polar surface area (TPSA) is 475 Å². The number of nitrogens with zero attached hydrogens (tertiary/aromatic N) is 11. The van der Waals surface area contributed by atoms with E-state index in [0.717, 1.165) is 21.3 Å². The zero-order valence-corrected chi connectivity index (χ0v) is 82.8. The number of benzene rings is 3. The maximum absolute atomic E-state index is 13.9. The molecule has 8 rings (SSSR count). The molecule has 3 aromatic carbocycles. The van der Waals surface area contributed by atoms with Crippen molar-refractivity contribution in [3.63, 3.8) is 0 Å². The van der Waals surface area contributed by atoms with Gasteiger partial charge in [0.2, 0.25) is 0 Å². The van der Waals surface area contributed by atoms with E-state index in [1.54, 1.807) is 50.6 Å². The molecule has 0 amide bonds. The van der Waals surface area contributed by atoms with Crippen LogP contribution in [0.1, 0.15) is 137 Å². The van der Waals surface area contributed by atoms with Crippen molar-refractivity contribution in [2.24, 2.45) is 0 Å². The first-order chi connectivity index (χ1) is 67.7. The molecule has 0 radical (unpaired) electrons. The van der Waals surface area contributed by atoms with Crippen molar-refractivity contribution < 1.29 is 138 Å². The van der Waals surface area contributed by atoms with Gasteiger partial charge in [0.05, 0.1) is 225 Å². The van der Waals surface area contributed by atoms with E-state index in [4.69, 9.17) is 49.3 Å². The molecule has 43 heteroatoms. The molecule has 1 aliphatic rings. The van der Waals surface area contributed by atoms with E-state index in [0.29, 0.717) is 86.9 Å². The van der Waals surface area contributed by atoms with E-state index in [9.17, 15) is 72.2 Å². The van der Waals surface area contributed by atoms with Crippen LogP contribution in [0.5, 0.6) is 11.5 Å². The summed E-state index contributed by atoms with van der Waals surface area (Å²) in [5.74, 6) is 3.64. The summed E-state index contributed by atoms with van der Waals surface area (Å²) >= 11 is 3.41. The average Bonchev–Trinajstić information content (AvgIpc) is 1.01. The molecule has 0 saturated carbocycles. The first-order valence-electron chi connectivity index (χ1n) is 43.4. The zero-order valence-electron chi connectivity index (χ0n) is 81.3. The van der Waals surface area contributed by atoms with Gasteiger partial charge in [-0.15, -0.1) is 19.3 Å². The Kier molecular flexibility index (Phi) is 63.7. The number of aliphatic hydroxyl groups is 1. The van der Waals surface area contributed by atoms with Crippen molar-refractivity contribution in [3.8, 4) is 48.5 Å². The second kappa shape index (κ2) is 70.5. The lowest BCUT2D eigenvalue weighted by molar-refractivity contribution is -0.147. The molecule has 1 unspecified atom stereocenters. The number of hydrogen-bond donors (Lipinski definition) is 1. The van der Waals surface area contributed by atoms with E-state index in [-0.39, 0.29) is 175 Å². The first-order valence-corrected chi connectivity index (χ1v) is 44.2. The predicted molar refractivity (Wildman–Crippen MR) is 541 cm³/mol. The number of rotatable bonds is 50. The van der Waals surface area contributed by atoms with E-state index in [1.807, 2.05) is 78.9 Å². The minimum atomic E-state index is -1.17. The van der Waals surface area contributed by atoms with Gasteiger partial charge >= 0.3 is 77.3 Å². The Morgan fingerprint density at radius 1 is 0.411 bits per heavy atom. The van der Waals surface area contributed by atoms with Crippen molar-refractivity contribution in [2.45, 2.75) is 139 Å². The zero-order chi connectivity index (χ0) is 104. The number of pyridine rings is 3. The van der Waals surface area contributed by atoms with Crippen LogP contribution in [0.15, 0.2) is 142 Å². The molecule has 1 aliphatic heterocycles. The van der Waals surface area contributed by atoms with E-state index >= 15 is 0 Å². The lowest BCUT2D eigenvalue weighted by Gasteiger charge is -2.37. The number of halogens is 1. The number of terminal acetylenes is 2. The summed E-state index contributed by atoms with van der Waals surface area (Å²) in [7, 11) is 18.1. The summed E-state index contributed by atoms with van der Waals surface area (Å²) in [4.78, 5) is 192. The summed E-state index contributed by atoms with van der Waals surface area (Å²) in [6.45, 7) is -1.51. The van der Waals surface area contributed by atoms with Crippen LogP contribution in [-0.4, -0.2) is 327 Å². The lowest BCUT2D eigenvalue weighted by Crippen LogP contribution is -2.40. The highest BCUT2D eigenvalue weighted by atomic mass is 79.9. The number of esters is 12. The Morgan fingerprint density at radius 2 is 0.699 bits per heavy atom. The molecule has 42 nitrogen and oxygen atoms in total. The van der Waals surface area contributed by atoms with E-state index in [1.165, 1.54) is 132 Å². The molecule has 0 bridgehead atoms. The highest BCUT2D eigenvalue weighted by Gasteiger charge is 2.43. The molecule has 1 N–H and O–H groups in total. The fourth-order valence-corrected chi connectivity index (χ4v) is 14.5. The Balaban J connectivity index is 0.00000249. The van der Waals surface area contributed by atoms with Crippen LogP contribution in [0.25, 0.3) is 0 Å². The van der Waals surface area contributed by atoms with Gasteiger partial charge in [0, 0.05) is 86.5 Å². The summed E-state index contributed by atoms with van der Waals surface area (Å²) in [6.07, 6.45) is 14.5. The smallest absolute Gasteiger partial charge is 0.333 e. The van der Waals surface area contributed by atoms with Gasteiger partial charge in [-0.05, 0) is 90.2 Å². The van der Waals surface area contributed by atoms with Gasteiger partial charge in [-0.1, -0.05) is 132 Å². The second-order valence-corrected chi connectivity index (χ2v) is 31.6. The fourth-order valence-electron chi connectivity index (χ4n) is 14.0. The third-order valence-corrected chi connectivity index (χ3v) is 21.3. The number of carbonyl (C=O) groups excluding carboxylic acids is 12. The first kappa shape index (κ1) is 132. The predicted octanol–water partition coefficient (Wildman–Crippen LogP) is 6.92. The normalized spacial score (nSPS) is 12.4. The van der Waals surface area contributed by atoms with Crippen LogP contribution in [0.3, 0.4) is 0 Å². The summed E-state index contributed by atoms with van der Waals surface area (Å²) in [6, 6.07) is 36.4. The Morgan fingerprint density at radius 3 is 0.986 bits per heavy atom. The van der Waals surface area contributed by atoms with Crippen LogP contribution in [0.2, 0.25) is 0 Å². The minimum absolute atomic E-state index is 0. The third kappa shape index (κ3) is 45.0. The summed E-state index contributed by atoms with van der Waals surface area (Å²) in [5.41, 5.74) is 4.17. The van der Waals surface area contributed by atoms with Crippen molar-refractivity contribution >= 4 is 87.6 Å². The Bertz CT molecular complexity index is 5220. The monoisotopic (exact) mass is 2110 g/mol. The molecular formula is C103H140BrN11O31. The average molecular weight is 2110 g/mol. The maximum Gasteiger partial charge on any atom is 0.333 e. The number of unbranched alkanes of at least 4 members (excludes halogenated alkanes) is 3. The Hall–Kier alpha value is -14.2. The van der Waals surface area contributed by atoms with Crippen LogP contribution in [0, 0.1) is 37.0 Å². The number of aliphatic hydroxyl groups excluding tert-OH is 1. The number of hydrogen-bond acceptors (Lipinski definition) is 40. The molecule has 7 aromatic rings. The molecule has 3 atom stereocenters. The molecule has 4 aromatic heterocycles. The molecule has 0 spiro atoms. The maximum atomic E-state index is 13.9. The summed E-state index contributed by atoms with van der Waals surface area (Å²) in [5, 5.41) is 11.4. The standard InChI is InChI=1S/C56H65N5O15.C21H27N3O8.C19H26BrN3O8.C2H2.5CH4/c1-69-45-22-18-41(19-23-45)56(40-16-12-10-13-17-40,42-20-24-46(70-2)25-21-42)75-38-48-47(62)31-50(76-48)61-28-26-49(63)60(55(61)68)27-14-9-7-8-11-15-39-29-43(32-58(34-51(64)71-3)35-52(65)72-4)57-44(30-39)33-59(36-53(66)73-5)37-54(67)74-6;1-6-15-7-16(9-23(11-18(25)29-2)12-19(26)30-3)22-17(8-15)10-24(13-20(27)31-4)14-21(28)32-5;1-28-16(24)9-22(10-17(25)29-2)7-14-5-13(20)6-15(21-14)8-23(11-18(26)30-3)12-19(27)31-4;1-2;;;;;/h10,12-13,16-26,28-30,47-48,50,62H,7-9,14,27,31-38H2,1-6H3;1,7-8H,9-14H2,2-5H3;5-6H,7-12H2,1-4H3;1-2H;5*1H4/t47?,48-,50-;;;;;;;;/m1......../s1. The SMILES string of the molecule is C.C.C.C.C.C#C.C#Cc1cc(CN(CC(=O)OC)CC(=O)OC)nc(CN(CC(=O)OC)CC(=O)OC)c1.COC(=O)CN(CC(=O)OC)Cc1cc(Br)cc(CN(CC(=O)OC)CC(=O)OC)n1.COC(=O)CN(CC(=O)OC)Cc1cc(C#CCCCCCn2c(=O)ccn([C@H]3CC(O)[C@@H](COC(c4ccccc4)(c4ccc(OC)cc4)c4ccc(OC)cc4)O3)c2=O)cc(CN(CC(=O)OC)CC(=O)OC)n1. The molecule has 1 fully saturated rings. The fraction of sp³-hybridized carbons (Fsp3) is 0.466. The molecule has 146 heavy (non-hydrogen) atoms. The number of methoxy groups -OCH3 is 14. The van der Waals surface area contributed by atoms with Gasteiger partial charge in [-0.25, -0.2) is 4.79 Å². The largest absolute Gasteiger partial charge is 0.497 e. The van der Waals surface area contributed by atoms with Gasteiger partial charge in [0.1, 0.15) is 29.4 Å².